The SMILES string of the molecule is CC1CCC(NCCOCCN(C)C)C1. The third-order valence-corrected chi connectivity index (χ3v) is 3.06. The molecule has 90 valence electrons. The summed E-state index contributed by atoms with van der Waals surface area (Å²) in [4.78, 5) is 2.14. The van der Waals surface area contributed by atoms with Crippen LogP contribution in [0.25, 0.3) is 0 Å². The number of likely N-dealkylation sites (N-methyl/N-ethyl adjacent to an activating group) is 1. The second-order valence-corrected chi connectivity index (χ2v) is 4.98. The summed E-state index contributed by atoms with van der Waals surface area (Å²) in [6, 6.07) is 0.748. The molecule has 2 atom stereocenters. The van der Waals surface area contributed by atoms with Crippen LogP contribution >= 0.6 is 0 Å². The molecule has 0 spiro atoms. The van der Waals surface area contributed by atoms with Crippen molar-refractivity contribution < 1.29 is 4.74 Å². The lowest BCUT2D eigenvalue weighted by molar-refractivity contribution is 0.117. The highest BCUT2D eigenvalue weighted by atomic mass is 16.5. The Morgan fingerprint density at radius 2 is 2.07 bits per heavy atom. The molecule has 0 aromatic heterocycles. The molecular weight excluding hydrogens is 188 g/mol. The summed E-state index contributed by atoms with van der Waals surface area (Å²) >= 11 is 0. The molecule has 15 heavy (non-hydrogen) atoms. The van der Waals surface area contributed by atoms with Crippen molar-refractivity contribution in [1.29, 1.82) is 0 Å². The van der Waals surface area contributed by atoms with E-state index in [1.165, 1.54) is 19.3 Å². The van der Waals surface area contributed by atoms with Gasteiger partial charge in [0.1, 0.15) is 0 Å². The molecule has 0 aromatic carbocycles. The fourth-order valence-corrected chi connectivity index (χ4v) is 2.08. The monoisotopic (exact) mass is 214 g/mol. The Morgan fingerprint density at radius 3 is 2.67 bits per heavy atom. The number of ether oxygens (including phenoxy) is 1. The first kappa shape index (κ1) is 12.9. The Bertz CT molecular complexity index is 162. The van der Waals surface area contributed by atoms with Gasteiger partial charge in [-0.25, -0.2) is 0 Å². The molecule has 0 aliphatic heterocycles. The molecule has 1 aliphatic carbocycles. The number of rotatable bonds is 7. The van der Waals surface area contributed by atoms with Crippen LogP contribution in [0.4, 0.5) is 0 Å². The molecule has 0 saturated heterocycles. The Morgan fingerprint density at radius 1 is 1.27 bits per heavy atom. The van der Waals surface area contributed by atoms with Crippen molar-refractivity contribution in [3.63, 3.8) is 0 Å². The quantitative estimate of drug-likeness (QED) is 0.647. The van der Waals surface area contributed by atoms with E-state index in [0.717, 1.165) is 38.3 Å². The lowest BCUT2D eigenvalue weighted by Crippen LogP contribution is -2.30. The first-order valence-corrected chi connectivity index (χ1v) is 6.14. The summed E-state index contributed by atoms with van der Waals surface area (Å²) in [7, 11) is 4.14. The number of hydrogen-bond acceptors (Lipinski definition) is 3. The van der Waals surface area contributed by atoms with E-state index < -0.39 is 0 Å². The molecule has 1 N–H and O–H groups in total. The second kappa shape index (κ2) is 7.20. The topological polar surface area (TPSA) is 24.5 Å². The number of nitrogens with one attached hydrogen (secondary N) is 1. The maximum Gasteiger partial charge on any atom is 0.0593 e. The second-order valence-electron chi connectivity index (χ2n) is 4.98. The van der Waals surface area contributed by atoms with Crippen molar-refractivity contribution in [2.45, 2.75) is 32.2 Å². The van der Waals surface area contributed by atoms with Gasteiger partial charge in [0.05, 0.1) is 13.2 Å². The Hall–Kier alpha value is -0.120. The van der Waals surface area contributed by atoms with Crippen molar-refractivity contribution >= 4 is 0 Å². The van der Waals surface area contributed by atoms with Gasteiger partial charge in [0.2, 0.25) is 0 Å². The summed E-state index contributed by atoms with van der Waals surface area (Å²) < 4.78 is 5.53. The van der Waals surface area contributed by atoms with Gasteiger partial charge in [0, 0.05) is 19.1 Å². The smallest absolute Gasteiger partial charge is 0.0593 e. The van der Waals surface area contributed by atoms with Gasteiger partial charge in [-0.05, 0) is 39.3 Å². The third kappa shape index (κ3) is 6.13. The first-order chi connectivity index (χ1) is 7.18. The fraction of sp³-hybridized carbons (Fsp3) is 1.00. The zero-order chi connectivity index (χ0) is 11.1. The molecule has 2 unspecified atom stereocenters. The van der Waals surface area contributed by atoms with Crippen molar-refractivity contribution in [2.24, 2.45) is 5.92 Å². The van der Waals surface area contributed by atoms with E-state index in [0.29, 0.717) is 0 Å². The van der Waals surface area contributed by atoms with Crippen molar-refractivity contribution in [3.8, 4) is 0 Å². The van der Waals surface area contributed by atoms with Gasteiger partial charge < -0.3 is 15.0 Å². The van der Waals surface area contributed by atoms with E-state index in [2.05, 4.69) is 31.2 Å². The zero-order valence-electron chi connectivity index (χ0n) is 10.5. The highest BCUT2D eigenvalue weighted by molar-refractivity contribution is 4.77. The molecule has 1 saturated carbocycles. The normalized spacial score (nSPS) is 26.4. The Kier molecular flexibility index (Phi) is 6.22. The van der Waals surface area contributed by atoms with Crippen LogP contribution in [-0.4, -0.2) is 51.3 Å². The Labute approximate surface area is 94.2 Å². The van der Waals surface area contributed by atoms with Crippen LogP contribution in [-0.2, 0) is 4.74 Å². The van der Waals surface area contributed by atoms with Gasteiger partial charge >= 0.3 is 0 Å². The number of nitrogens with zero attached hydrogens (tertiary/aromatic N) is 1. The molecule has 0 amide bonds. The van der Waals surface area contributed by atoms with Crippen LogP contribution in [0.2, 0.25) is 0 Å². The molecule has 0 aromatic rings. The van der Waals surface area contributed by atoms with E-state index in [4.69, 9.17) is 4.74 Å². The van der Waals surface area contributed by atoms with E-state index in [1.54, 1.807) is 0 Å². The summed E-state index contributed by atoms with van der Waals surface area (Å²) in [5.74, 6) is 0.914. The van der Waals surface area contributed by atoms with E-state index in [9.17, 15) is 0 Å². The minimum Gasteiger partial charge on any atom is -0.379 e. The molecule has 3 nitrogen and oxygen atoms in total. The highest BCUT2D eigenvalue weighted by Gasteiger charge is 2.19. The minimum atomic E-state index is 0.748. The maximum atomic E-state index is 5.53. The van der Waals surface area contributed by atoms with Crippen LogP contribution in [0.3, 0.4) is 0 Å². The zero-order valence-corrected chi connectivity index (χ0v) is 10.5. The van der Waals surface area contributed by atoms with Crippen LogP contribution < -0.4 is 5.32 Å². The van der Waals surface area contributed by atoms with Crippen LogP contribution in [0, 0.1) is 5.92 Å². The van der Waals surface area contributed by atoms with E-state index >= 15 is 0 Å². The van der Waals surface area contributed by atoms with Gasteiger partial charge in [-0.2, -0.15) is 0 Å². The number of hydrogen-bond donors (Lipinski definition) is 1. The van der Waals surface area contributed by atoms with Gasteiger partial charge in [0.15, 0.2) is 0 Å². The third-order valence-electron chi connectivity index (χ3n) is 3.06. The van der Waals surface area contributed by atoms with Gasteiger partial charge in [-0.1, -0.05) is 6.92 Å². The molecule has 1 fully saturated rings. The highest BCUT2D eigenvalue weighted by Crippen LogP contribution is 2.24. The average molecular weight is 214 g/mol. The molecule has 1 aliphatic rings. The predicted molar refractivity (Wildman–Crippen MR) is 64.2 cm³/mol. The summed E-state index contributed by atoms with van der Waals surface area (Å²) in [6.07, 6.45) is 4.08. The standard InChI is InChI=1S/C12H26N2O/c1-11-4-5-12(10-11)13-6-8-15-9-7-14(2)3/h11-13H,4-10H2,1-3H3. The molecular formula is C12H26N2O. The van der Waals surface area contributed by atoms with Crippen LogP contribution in [0.1, 0.15) is 26.2 Å². The van der Waals surface area contributed by atoms with Gasteiger partial charge in [0.25, 0.3) is 0 Å². The molecule has 0 heterocycles. The maximum absolute atomic E-state index is 5.53. The van der Waals surface area contributed by atoms with Crippen molar-refractivity contribution in [3.05, 3.63) is 0 Å². The predicted octanol–water partition coefficient (Wildman–Crippen LogP) is 1.34. The summed E-state index contributed by atoms with van der Waals surface area (Å²) in [6.45, 7) is 6.05. The van der Waals surface area contributed by atoms with Crippen LogP contribution in [0.5, 0.6) is 0 Å². The van der Waals surface area contributed by atoms with Gasteiger partial charge in [-0.15, -0.1) is 0 Å². The van der Waals surface area contributed by atoms with Crippen molar-refractivity contribution in [1.82, 2.24) is 10.2 Å². The van der Waals surface area contributed by atoms with Crippen molar-refractivity contribution in [2.75, 3.05) is 40.4 Å². The van der Waals surface area contributed by atoms with E-state index in [-0.39, 0.29) is 0 Å². The molecule has 0 radical (unpaired) electrons. The minimum absolute atomic E-state index is 0.748. The Balaban J connectivity index is 1.85. The summed E-state index contributed by atoms with van der Waals surface area (Å²) in [5, 5.41) is 3.56. The van der Waals surface area contributed by atoms with Gasteiger partial charge in [-0.3, -0.25) is 0 Å². The van der Waals surface area contributed by atoms with E-state index in [1.807, 2.05) is 0 Å². The summed E-state index contributed by atoms with van der Waals surface area (Å²) in [5.41, 5.74) is 0. The fourth-order valence-electron chi connectivity index (χ4n) is 2.08. The lowest BCUT2D eigenvalue weighted by atomic mass is 10.1. The largest absolute Gasteiger partial charge is 0.379 e. The average Bonchev–Trinajstić information content (AvgIpc) is 2.57. The molecule has 3 heteroatoms. The first-order valence-electron chi connectivity index (χ1n) is 6.14. The molecule has 0 bridgehead atoms. The lowest BCUT2D eigenvalue weighted by Gasteiger charge is -2.13. The van der Waals surface area contributed by atoms with Crippen LogP contribution in [0.15, 0.2) is 0 Å². The molecule has 1 rings (SSSR count).